The quantitative estimate of drug-likeness (QED) is 0.814. The van der Waals surface area contributed by atoms with Crippen LogP contribution >= 0.6 is 0 Å². The van der Waals surface area contributed by atoms with Gasteiger partial charge in [0.2, 0.25) is 0 Å². The molecule has 0 heterocycles. The van der Waals surface area contributed by atoms with Gasteiger partial charge in [-0.15, -0.1) is 0 Å². The predicted molar refractivity (Wildman–Crippen MR) is 71.1 cm³/mol. The van der Waals surface area contributed by atoms with Crippen molar-refractivity contribution in [1.82, 2.24) is 5.32 Å². The second kappa shape index (κ2) is 5.87. The van der Waals surface area contributed by atoms with Crippen LogP contribution in [0.3, 0.4) is 0 Å². The van der Waals surface area contributed by atoms with E-state index in [0.717, 1.165) is 0 Å². The van der Waals surface area contributed by atoms with Crippen molar-refractivity contribution >= 4 is 5.97 Å². The number of nitrogens with one attached hydrogen (secondary N) is 1. The Morgan fingerprint density at radius 3 is 2.33 bits per heavy atom. The fourth-order valence-corrected chi connectivity index (χ4v) is 1.42. The third kappa shape index (κ3) is 3.47. The lowest BCUT2D eigenvalue weighted by Crippen LogP contribution is -2.52. The molecule has 0 amide bonds. The molecule has 0 aliphatic rings. The van der Waals surface area contributed by atoms with Crippen LogP contribution in [0.5, 0.6) is 5.75 Å². The average molecular weight is 251 g/mol. The van der Waals surface area contributed by atoms with Crippen molar-refractivity contribution in [3.8, 4) is 5.75 Å². The van der Waals surface area contributed by atoms with Crippen molar-refractivity contribution in [1.29, 1.82) is 0 Å². The predicted octanol–water partition coefficient (Wildman–Crippen LogP) is 2.25. The second-order valence-electron chi connectivity index (χ2n) is 4.90. The third-order valence-corrected chi connectivity index (χ3v) is 3.10. The standard InChI is InChI=1S/C14H21NO3/c1-10(2)11-5-7-12(8-6-11)18-9-14(3,15-4)13(16)17/h5-8,10,15H,9H2,1-4H3,(H,16,17). The van der Waals surface area contributed by atoms with Crippen LogP contribution in [0.2, 0.25) is 0 Å². The van der Waals surface area contributed by atoms with Crippen molar-refractivity contribution in [3.05, 3.63) is 29.8 Å². The van der Waals surface area contributed by atoms with Crippen LogP contribution in [-0.4, -0.2) is 30.3 Å². The van der Waals surface area contributed by atoms with Crippen molar-refractivity contribution < 1.29 is 14.6 Å². The minimum absolute atomic E-state index is 0.0832. The summed E-state index contributed by atoms with van der Waals surface area (Å²) >= 11 is 0. The second-order valence-corrected chi connectivity index (χ2v) is 4.90. The highest BCUT2D eigenvalue weighted by atomic mass is 16.5. The molecule has 1 aromatic rings. The fourth-order valence-electron chi connectivity index (χ4n) is 1.42. The molecule has 1 rings (SSSR count). The Bertz CT molecular complexity index is 400. The van der Waals surface area contributed by atoms with Gasteiger partial charge in [0.05, 0.1) is 0 Å². The van der Waals surface area contributed by atoms with Crippen LogP contribution in [0, 0.1) is 0 Å². The molecule has 1 aromatic carbocycles. The molecule has 1 atom stereocenters. The van der Waals surface area contributed by atoms with E-state index >= 15 is 0 Å². The summed E-state index contributed by atoms with van der Waals surface area (Å²) in [5.41, 5.74) is 0.161. The lowest BCUT2D eigenvalue weighted by atomic mass is 10.0. The van der Waals surface area contributed by atoms with Gasteiger partial charge in [0.1, 0.15) is 17.9 Å². The van der Waals surface area contributed by atoms with E-state index in [1.807, 2.05) is 24.3 Å². The summed E-state index contributed by atoms with van der Waals surface area (Å²) in [7, 11) is 1.61. The number of carbonyl (C=O) groups is 1. The highest BCUT2D eigenvalue weighted by Gasteiger charge is 2.32. The first-order chi connectivity index (χ1) is 8.39. The number of ether oxygens (including phenoxy) is 1. The first-order valence-electron chi connectivity index (χ1n) is 6.04. The monoisotopic (exact) mass is 251 g/mol. The molecule has 0 fully saturated rings. The number of likely N-dealkylation sites (N-methyl/N-ethyl adjacent to an activating group) is 1. The maximum Gasteiger partial charge on any atom is 0.327 e. The van der Waals surface area contributed by atoms with E-state index < -0.39 is 11.5 Å². The highest BCUT2D eigenvalue weighted by Crippen LogP contribution is 2.19. The number of benzene rings is 1. The number of hydrogen-bond acceptors (Lipinski definition) is 3. The van der Waals surface area contributed by atoms with Crippen LogP contribution in [0.25, 0.3) is 0 Å². The number of hydrogen-bond donors (Lipinski definition) is 2. The largest absolute Gasteiger partial charge is 0.491 e. The van der Waals surface area contributed by atoms with Crippen molar-refractivity contribution in [3.63, 3.8) is 0 Å². The number of carboxylic acid groups (broad SMARTS) is 1. The number of carboxylic acids is 1. The van der Waals surface area contributed by atoms with E-state index in [0.29, 0.717) is 11.7 Å². The molecule has 1 unspecified atom stereocenters. The zero-order chi connectivity index (χ0) is 13.8. The molecule has 2 N–H and O–H groups in total. The number of rotatable bonds is 6. The van der Waals surface area contributed by atoms with Gasteiger partial charge in [0.25, 0.3) is 0 Å². The van der Waals surface area contributed by atoms with Crippen molar-refractivity contribution in [2.45, 2.75) is 32.2 Å². The van der Waals surface area contributed by atoms with E-state index in [2.05, 4.69) is 19.2 Å². The topological polar surface area (TPSA) is 58.6 Å². The van der Waals surface area contributed by atoms with E-state index in [1.165, 1.54) is 5.56 Å². The zero-order valence-electron chi connectivity index (χ0n) is 11.4. The Morgan fingerprint density at radius 1 is 1.39 bits per heavy atom. The van der Waals surface area contributed by atoms with Crippen molar-refractivity contribution in [2.75, 3.05) is 13.7 Å². The lowest BCUT2D eigenvalue weighted by molar-refractivity contribution is -0.145. The molecular weight excluding hydrogens is 230 g/mol. The van der Waals surface area contributed by atoms with Gasteiger partial charge in [-0.25, -0.2) is 0 Å². The summed E-state index contributed by atoms with van der Waals surface area (Å²) in [5, 5.41) is 11.8. The summed E-state index contributed by atoms with van der Waals surface area (Å²) in [6.07, 6.45) is 0. The van der Waals surface area contributed by atoms with E-state index in [-0.39, 0.29) is 6.61 Å². The van der Waals surface area contributed by atoms with E-state index in [9.17, 15) is 4.79 Å². The van der Waals surface area contributed by atoms with Gasteiger partial charge >= 0.3 is 5.97 Å². The Morgan fingerprint density at radius 2 is 1.94 bits per heavy atom. The molecule has 4 nitrogen and oxygen atoms in total. The van der Waals surface area contributed by atoms with Crippen LogP contribution in [0.1, 0.15) is 32.3 Å². The Kier molecular flexibility index (Phi) is 4.73. The maximum atomic E-state index is 11.1. The SMILES string of the molecule is CNC(C)(COc1ccc(C(C)C)cc1)C(=O)O. The van der Waals surface area contributed by atoms with Gasteiger partial charge in [0.15, 0.2) is 0 Å². The Labute approximate surface area is 108 Å². The van der Waals surface area contributed by atoms with Gasteiger partial charge in [-0.2, -0.15) is 0 Å². The molecular formula is C14H21NO3. The summed E-state index contributed by atoms with van der Waals surface area (Å²) in [6, 6.07) is 7.73. The summed E-state index contributed by atoms with van der Waals surface area (Å²) in [6.45, 7) is 5.93. The zero-order valence-corrected chi connectivity index (χ0v) is 11.4. The van der Waals surface area contributed by atoms with Crippen LogP contribution in [-0.2, 0) is 4.79 Å². The van der Waals surface area contributed by atoms with E-state index in [1.54, 1.807) is 14.0 Å². The first kappa shape index (κ1) is 14.5. The first-order valence-corrected chi connectivity index (χ1v) is 6.04. The summed E-state index contributed by atoms with van der Waals surface area (Å²) in [4.78, 5) is 11.1. The molecule has 100 valence electrons. The molecule has 0 radical (unpaired) electrons. The molecule has 0 saturated carbocycles. The molecule has 4 heteroatoms. The van der Waals surface area contributed by atoms with Crippen LogP contribution in [0.15, 0.2) is 24.3 Å². The Hall–Kier alpha value is -1.55. The smallest absolute Gasteiger partial charge is 0.327 e. The minimum Gasteiger partial charge on any atom is -0.491 e. The van der Waals surface area contributed by atoms with Gasteiger partial charge in [-0.1, -0.05) is 26.0 Å². The number of aliphatic carboxylic acids is 1. The molecule has 0 aromatic heterocycles. The highest BCUT2D eigenvalue weighted by molar-refractivity contribution is 5.78. The van der Waals surface area contributed by atoms with E-state index in [4.69, 9.17) is 9.84 Å². The lowest BCUT2D eigenvalue weighted by Gasteiger charge is -2.24. The summed E-state index contributed by atoms with van der Waals surface area (Å²) in [5.74, 6) is 0.228. The molecule has 0 aliphatic heterocycles. The molecule has 0 aliphatic carbocycles. The molecule has 0 spiro atoms. The van der Waals surface area contributed by atoms with Gasteiger partial charge in [-0.3, -0.25) is 4.79 Å². The van der Waals surface area contributed by atoms with Gasteiger partial charge in [-0.05, 0) is 37.6 Å². The van der Waals surface area contributed by atoms with Gasteiger partial charge < -0.3 is 15.2 Å². The fraction of sp³-hybridized carbons (Fsp3) is 0.500. The summed E-state index contributed by atoms with van der Waals surface area (Å²) < 4.78 is 5.51. The minimum atomic E-state index is -1.07. The molecule has 0 bridgehead atoms. The third-order valence-electron chi connectivity index (χ3n) is 3.10. The van der Waals surface area contributed by atoms with Crippen LogP contribution in [0.4, 0.5) is 0 Å². The maximum absolute atomic E-state index is 11.1. The van der Waals surface area contributed by atoms with Crippen molar-refractivity contribution in [2.24, 2.45) is 0 Å². The molecule has 0 saturated heterocycles. The molecule has 18 heavy (non-hydrogen) atoms. The normalized spacial score (nSPS) is 14.3. The van der Waals surface area contributed by atoms with Gasteiger partial charge in [0, 0.05) is 0 Å². The van der Waals surface area contributed by atoms with Crippen LogP contribution < -0.4 is 10.1 Å². The Balaban J connectivity index is 2.66. The average Bonchev–Trinajstić information content (AvgIpc) is 2.36.